The van der Waals surface area contributed by atoms with Gasteiger partial charge in [0.25, 0.3) is 0 Å². The van der Waals surface area contributed by atoms with Crippen LogP contribution in [-0.4, -0.2) is 11.7 Å². The second-order valence-corrected chi connectivity index (χ2v) is 3.74. The summed E-state index contributed by atoms with van der Waals surface area (Å²) in [4.78, 5) is 0. The second kappa shape index (κ2) is 5.74. The number of benzene rings is 1. The van der Waals surface area contributed by atoms with Gasteiger partial charge in [0.05, 0.1) is 12.6 Å². The van der Waals surface area contributed by atoms with Gasteiger partial charge in [-0.05, 0) is 46.4 Å². The molecule has 0 spiro atoms. The Kier molecular flexibility index (Phi) is 5.78. The van der Waals surface area contributed by atoms with Crippen molar-refractivity contribution in [3.8, 4) is 0 Å². The van der Waals surface area contributed by atoms with Crippen LogP contribution in [0.15, 0.2) is 18.2 Å². The summed E-state index contributed by atoms with van der Waals surface area (Å²) in [6, 6.07) is 4.01. The van der Waals surface area contributed by atoms with Crippen molar-refractivity contribution in [3.63, 3.8) is 0 Å². The summed E-state index contributed by atoms with van der Waals surface area (Å²) in [6.45, 7) is -0.167. The molecule has 13 heavy (non-hydrogen) atoms. The molecule has 0 heterocycles. The highest BCUT2D eigenvalue weighted by molar-refractivity contribution is 14.1. The minimum Gasteiger partial charge on any atom is -0.394 e. The number of aliphatic hydroxyl groups excluding tert-OH is 1. The number of aliphatic hydroxyl groups is 1. The minimum absolute atomic E-state index is 0. The predicted octanol–water partition coefficient (Wildman–Crippen LogP) is 1.84. The molecule has 0 aliphatic heterocycles. The molecule has 0 radical (unpaired) electrons. The monoisotopic (exact) mass is 317 g/mol. The zero-order chi connectivity index (χ0) is 9.14. The van der Waals surface area contributed by atoms with E-state index in [1.165, 1.54) is 12.1 Å². The van der Waals surface area contributed by atoms with Gasteiger partial charge >= 0.3 is 0 Å². The lowest BCUT2D eigenvalue weighted by molar-refractivity contribution is 0.267. The summed E-state index contributed by atoms with van der Waals surface area (Å²) in [5.74, 6) is -0.319. The fourth-order valence-electron chi connectivity index (χ4n) is 0.895. The molecule has 1 rings (SSSR count). The van der Waals surface area contributed by atoms with Crippen LogP contribution in [0.4, 0.5) is 4.39 Å². The summed E-state index contributed by atoms with van der Waals surface area (Å²) in [5, 5.41) is 8.72. The first kappa shape index (κ1) is 13.1. The third kappa shape index (κ3) is 3.76. The first-order valence-corrected chi connectivity index (χ1v) is 4.54. The summed E-state index contributed by atoms with van der Waals surface area (Å²) in [6.07, 6.45) is 0. The van der Waals surface area contributed by atoms with Crippen LogP contribution in [-0.2, 0) is 0 Å². The fraction of sp³-hybridized carbons (Fsp3) is 0.250. The standard InChI is InChI=1S/C8H9FINO.ClH/c9-6-1-5(8(11)4-12)2-7(10)3-6;/h1-3,8,12H,4,11H2;1H. The largest absolute Gasteiger partial charge is 0.394 e. The Morgan fingerprint density at radius 2 is 2.08 bits per heavy atom. The van der Waals surface area contributed by atoms with E-state index in [-0.39, 0.29) is 24.8 Å². The van der Waals surface area contributed by atoms with E-state index in [4.69, 9.17) is 10.8 Å². The van der Waals surface area contributed by atoms with E-state index in [0.29, 0.717) is 5.56 Å². The smallest absolute Gasteiger partial charge is 0.124 e. The fourth-order valence-corrected chi connectivity index (χ4v) is 1.55. The van der Waals surface area contributed by atoms with Crippen LogP contribution in [0, 0.1) is 9.39 Å². The summed E-state index contributed by atoms with van der Waals surface area (Å²) in [7, 11) is 0. The molecule has 1 aromatic rings. The minimum atomic E-state index is -0.491. The summed E-state index contributed by atoms with van der Waals surface area (Å²) in [5.41, 5.74) is 6.14. The quantitative estimate of drug-likeness (QED) is 0.818. The maximum Gasteiger partial charge on any atom is 0.124 e. The number of rotatable bonds is 2. The third-order valence-corrected chi connectivity index (χ3v) is 2.13. The Hall–Kier alpha value is 0.0900. The molecular weight excluding hydrogens is 307 g/mol. The molecule has 0 saturated carbocycles. The molecule has 2 nitrogen and oxygen atoms in total. The summed E-state index contributed by atoms with van der Waals surface area (Å²) >= 11 is 2.00. The van der Waals surface area contributed by atoms with Crippen molar-refractivity contribution in [1.29, 1.82) is 0 Å². The van der Waals surface area contributed by atoms with Gasteiger partial charge in [-0.25, -0.2) is 4.39 Å². The van der Waals surface area contributed by atoms with Crippen molar-refractivity contribution in [2.45, 2.75) is 6.04 Å². The molecule has 0 aliphatic carbocycles. The lowest BCUT2D eigenvalue weighted by Crippen LogP contribution is -2.14. The van der Waals surface area contributed by atoms with Crippen LogP contribution in [0.5, 0.6) is 0 Å². The Bertz CT molecular complexity index is 265. The van der Waals surface area contributed by atoms with Gasteiger partial charge in [0.1, 0.15) is 5.82 Å². The van der Waals surface area contributed by atoms with E-state index < -0.39 is 6.04 Å². The first-order chi connectivity index (χ1) is 5.63. The average Bonchev–Trinajstić information content (AvgIpc) is 2.01. The Morgan fingerprint density at radius 1 is 1.46 bits per heavy atom. The molecule has 3 N–H and O–H groups in total. The van der Waals surface area contributed by atoms with E-state index in [1.807, 2.05) is 22.6 Å². The molecule has 1 atom stereocenters. The molecule has 1 unspecified atom stereocenters. The van der Waals surface area contributed by atoms with Gasteiger partial charge in [-0.3, -0.25) is 0 Å². The number of nitrogens with two attached hydrogens (primary N) is 1. The lowest BCUT2D eigenvalue weighted by Gasteiger charge is -2.08. The van der Waals surface area contributed by atoms with Gasteiger partial charge in [0.15, 0.2) is 0 Å². The molecule has 0 bridgehead atoms. The van der Waals surface area contributed by atoms with Crippen molar-refractivity contribution in [3.05, 3.63) is 33.1 Å². The molecule has 74 valence electrons. The predicted molar refractivity (Wildman–Crippen MR) is 60.4 cm³/mol. The topological polar surface area (TPSA) is 46.2 Å². The SMILES string of the molecule is Cl.NC(CO)c1cc(F)cc(I)c1. The van der Waals surface area contributed by atoms with Crippen molar-refractivity contribution in [2.75, 3.05) is 6.61 Å². The molecule has 0 saturated heterocycles. The molecule has 0 amide bonds. The van der Waals surface area contributed by atoms with E-state index in [1.54, 1.807) is 6.07 Å². The van der Waals surface area contributed by atoms with E-state index >= 15 is 0 Å². The number of halogens is 3. The maximum atomic E-state index is 12.8. The molecular formula is C8H10ClFINO. The highest BCUT2D eigenvalue weighted by atomic mass is 127. The number of hydrogen-bond donors (Lipinski definition) is 2. The van der Waals surface area contributed by atoms with Crippen LogP contribution >= 0.6 is 35.0 Å². The zero-order valence-corrected chi connectivity index (χ0v) is 9.68. The highest BCUT2D eigenvalue weighted by Crippen LogP contribution is 2.15. The molecule has 0 fully saturated rings. The van der Waals surface area contributed by atoms with Gasteiger partial charge < -0.3 is 10.8 Å². The van der Waals surface area contributed by atoms with Crippen LogP contribution in [0.25, 0.3) is 0 Å². The van der Waals surface area contributed by atoms with Crippen molar-refractivity contribution in [1.82, 2.24) is 0 Å². The van der Waals surface area contributed by atoms with Crippen LogP contribution in [0.3, 0.4) is 0 Å². The normalized spacial score (nSPS) is 12.0. The Balaban J connectivity index is 0.00000144. The van der Waals surface area contributed by atoms with Crippen LogP contribution in [0.2, 0.25) is 0 Å². The second-order valence-electron chi connectivity index (χ2n) is 2.49. The van der Waals surface area contributed by atoms with Gasteiger partial charge in [0, 0.05) is 3.57 Å². The summed E-state index contributed by atoms with van der Waals surface area (Å²) < 4.78 is 13.6. The lowest BCUT2D eigenvalue weighted by atomic mass is 10.1. The highest BCUT2D eigenvalue weighted by Gasteiger charge is 2.06. The van der Waals surface area contributed by atoms with Crippen molar-refractivity contribution < 1.29 is 9.50 Å². The van der Waals surface area contributed by atoms with E-state index in [0.717, 1.165) is 3.57 Å². The van der Waals surface area contributed by atoms with Gasteiger partial charge in [-0.1, -0.05) is 0 Å². The number of hydrogen-bond acceptors (Lipinski definition) is 2. The maximum absolute atomic E-state index is 12.8. The first-order valence-electron chi connectivity index (χ1n) is 3.46. The average molecular weight is 318 g/mol. The molecule has 1 aromatic carbocycles. The molecule has 5 heteroatoms. The third-order valence-electron chi connectivity index (χ3n) is 1.51. The van der Waals surface area contributed by atoms with Crippen molar-refractivity contribution in [2.24, 2.45) is 5.73 Å². The molecule has 0 aliphatic rings. The van der Waals surface area contributed by atoms with Gasteiger partial charge in [0.2, 0.25) is 0 Å². The van der Waals surface area contributed by atoms with Gasteiger partial charge in [-0.15, -0.1) is 12.4 Å². The molecule has 0 aromatic heterocycles. The Morgan fingerprint density at radius 3 is 2.54 bits per heavy atom. The van der Waals surface area contributed by atoms with E-state index in [9.17, 15) is 4.39 Å². The van der Waals surface area contributed by atoms with Gasteiger partial charge in [-0.2, -0.15) is 0 Å². The zero-order valence-electron chi connectivity index (χ0n) is 6.71. The van der Waals surface area contributed by atoms with Crippen molar-refractivity contribution >= 4 is 35.0 Å². The Labute approximate surface area is 95.9 Å². The van der Waals surface area contributed by atoms with Crippen LogP contribution < -0.4 is 5.73 Å². The van der Waals surface area contributed by atoms with E-state index in [2.05, 4.69) is 0 Å². The van der Waals surface area contributed by atoms with Crippen LogP contribution in [0.1, 0.15) is 11.6 Å².